The van der Waals surface area contributed by atoms with Crippen LogP contribution in [0.1, 0.15) is 44.2 Å². The van der Waals surface area contributed by atoms with Gasteiger partial charge in [-0.15, -0.1) is 0 Å². The molecule has 2 atom stereocenters. The molecule has 1 aliphatic rings. The van der Waals surface area contributed by atoms with Gasteiger partial charge in [-0.3, -0.25) is 14.7 Å². The van der Waals surface area contributed by atoms with Gasteiger partial charge in [0.1, 0.15) is 5.82 Å². The van der Waals surface area contributed by atoms with Crippen molar-refractivity contribution in [2.24, 2.45) is 5.92 Å². The fraction of sp³-hybridized carbons (Fsp3) is 0.600. The van der Waals surface area contributed by atoms with Crippen molar-refractivity contribution in [2.45, 2.75) is 38.6 Å². The maximum atomic E-state index is 13.2. The first-order chi connectivity index (χ1) is 9.56. The Hall–Kier alpha value is -1.49. The number of carboxylic acids is 1. The third-order valence-electron chi connectivity index (χ3n) is 4.07. The zero-order valence-corrected chi connectivity index (χ0v) is 11.8. The van der Waals surface area contributed by atoms with Crippen LogP contribution in [0, 0.1) is 11.7 Å². The van der Waals surface area contributed by atoms with Crippen LogP contribution in [-0.2, 0) is 4.79 Å². The summed E-state index contributed by atoms with van der Waals surface area (Å²) < 4.78 is 13.2. The minimum absolute atomic E-state index is 0.117. The van der Waals surface area contributed by atoms with Gasteiger partial charge in [-0.2, -0.15) is 0 Å². The SMILES string of the molecule is CC(c1cncc(F)c1)N1CCCC(CCC(=O)O)C1. The molecule has 1 aromatic rings. The van der Waals surface area contributed by atoms with Crippen LogP contribution < -0.4 is 0 Å². The Morgan fingerprint density at radius 3 is 3.10 bits per heavy atom. The van der Waals surface area contributed by atoms with Crippen LogP contribution in [0.3, 0.4) is 0 Å². The topological polar surface area (TPSA) is 53.4 Å². The summed E-state index contributed by atoms with van der Waals surface area (Å²) in [5.74, 6) is -0.623. The van der Waals surface area contributed by atoms with E-state index in [0.29, 0.717) is 5.92 Å². The molecule has 0 amide bonds. The van der Waals surface area contributed by atoms with E-state index in [1.54, 1.807) is 6.20 Å². The number of halogens is 1. The number of hydrogen-bond acceptors (Lipinski definition) is 3. The first-order valence-corrected chi connectivity index (χ1v) is 7.12. The molecule has 0 aromatic carbocycles. The number of carboxylic acid groups (broad SMARTS) is 1. The van der Waals surface area contributed by atoms with E-state index < -0.39 is 5.97 Å². The van der Waals surface area contributed by atoms with Crippen LogP contribution in [0.4, 0.5) is 4.39 Å². The molecule has 0 spiro atoms. The fourth-order valence-corrected chi connectivity index (χ4v) is 2.88. The van der Waals surface area contributed by atoms with E-state index in [2.05, 4.69) is 16.8 Å². The first-order valence-electron chi connectivity index (χ1n) is 7.12. The van der Waals surface area contributed by atoms with E-state index in [9.17, 15) is 9.18 Å². The average Bonchev–Trinajstić information content (AvgIpc) is 2.44. The highest BCUT2D eigenvalue weighted by atomic mass is 19.1. The van der Waals surface area contributed by atoms with Crippen molar-refractivity contribution < 1.29 is 14.3 Å². The minimum atomic E-state index is -0.732. The van der Waals surface area contributed by atoms with Crippen molar-refractivity contribution in [2.75, 3.05) is 13.1 Å². The largest absolute Gasteiger partial charge is 0.481 e. The van der Waals surface area contributed by atoms with Crippen molar-refractivity contribution in [3.05, 3.63) is 29.8 Å². The summed E-state index contributed by atoms with van der Waals surface area (Å²) >= 11 is 0. The molecule has 1 aromatic heterocycles. The van der Waals surface area contributed by atoms with E-state index in [0.717, 1.165) is 37.9 Å². The van der Waals surface area contributed by atoms with Crippen LogP contribution in [0.25, 0.3) is 0 Å². The Kier molecular flexibility index (Phi) is 5.06. The highest BCUT2D eigenvalue weighted by molar-refractivity contribution is 5.66. The van der Waals surface area contributed by atoms with Gasteiger partial charge in [0.05, 0.1) is 6.20 Å². The molecule has 0 aliphatic carbocycles. The summed E-state index contributed by atoms with van der Waals surface area (Å²) in [7, 11) is 0. The lowest BCUT2D eigenvalue weighted by atomic mass is 9.92. The van der Waals surface area contributed by atoms with E-state index in [4.69, 9.17) is 5.11 Å². The molecule has 1 saturated heterocycles. The summed E-state index contributed by atoms with van der Waals surface area (Å²) in [5.41, 5.74) is 0.879. The molecule has 2 unspecified atom stereocenters. The van der Waals surface area contributed by atoms with E-state index in [1.807, 2.05) is 0 Å². The van der Waals surface area contributed by atoms with Crippen LogP contribution in [0.15, 0.2) is 18.5 Å². The smallest absolute Gasteiger partial charge is 0.303 e. The highest BCUT2D eigenvalue weighted by Crippen LogP contribution is 2.28. The number of likely N-dealkylation sites (tertiary alicyclic amines) is 1. The van der Waals surface area contributed by atoms with Crippen LogP contribution in [-0.4, -0.2) is 34.0 Å². The summed E-state index contributed by atoms with van der Waals surface area (Å²) in [4.78, 5) is 16.9. The predicted molar refractivity (Wildman–Crippen MR) is 73.8 cm³/mol. The quantitative estimate of drug-likeness (QED) is 0.901. The van der Waals surface area contributed by atoms with E-state index >= 15 is 0 Å². The molecule has 0 bridgehead atoms. The van der Waals surface area contributed by atoms with Gasteiger partial charge in [0.2, 0.25) is 0 Å². The standard InChI is InChI=1S/C15H21FN2O2/c1-11(13-7-14(16)9-17-8-13)18-6-2-3-12(10-18)4-5-15(19)20/h7-9,11-12H,2-6,10H2,1H3,(H,19,20). The van der Waals surface area contributed by atoms with Gasteiger partial charge < -0.3 is 5.11 Å². The number of piperidine rings is 1. The van der Waals surface area contributed by atoms with Gasteiger partial charge in [-0.05, 0) is 50.3 Å². The second kappa shape index (κ2) is 6.79. The zero-order valence-electron chi connectivity index (χ0n) is 11.8. The Morgan fingerprint density at radius 2 is 2.40 bits per heavy atom. The fourth-order valence-electron chi connectivity index (χ4n) is 2.88. The molecule has 1 aliphatic heterocycles. The maximum Gasteiger partial charge on any atom is 0.303 e. The van der Waals surface area contributed by atoms with Crippen LogP contribution in [0.5, 0.6) is 0 Å². The number of aliphatic carboxylic acids is 1. The Morgan fingerprint density at radius 1 is 1.60 bits per heavy atom. The summed E-state index contributed by atoms with van der Waals surface area (Å²) in [5, 5.41) is 8.76. The maximum absolute atomic E-state index is 13.2. The van der Waals surface area contributed by atoms with Gasteiger partial charge in [-0.1, -0.05) is 0 Å². The van der Waals surface area contributed by atoms with Crippen molar-refractivity contribution in [3.8, 4) is 0 Å². The van der Waals surface area contributed by atoms with Gasteiger partial charge in [0.25, 0.3) is 0 Å². The third kappa shape index (κ3) is 4.00. The normalized spacial score (nSPS) is 21.6. The summed E-state index contributed by atoms with van der Waals surface area (Å²) in [6, 6.07) is 1.64. The molecule has 1 fully saturated rings. The molecule has 0 radical (unpaired) electrons. The van der Waals surface area contributed by atoms with E-state index in [1.165, 1.54) is 12.3 Å². The van der Waals surface area contributed by atoms with Crippen molar-refractivity contribution in [1.29, 1.82) is 0 Å². The van der Waals surface area contributed by atoms with Gasteiger partial charge in [-0.25, -0.2) is 4.39 Å². The number of carbonyl (C=O) groups is 1. The molecule has 1 N–H and O–H groups in total. The number of pyridine rings is 1. The van der Waals surface area contributed by atoms with Gasteiger partial charge in [0, 0.05) is 25.2 Å². The predicted octanol–water partition coefficient (Wildman–Crippen LogP) is 2.86. The molecular weight excluding hydrogens is 259 g/mol. The van der Waals surface area contributed by atoms with Crippen LogP contribution >= 0.6 is 0 Å². The van der Waals surface area contributed by atoms with Crippen LogP contribution in [0.2, 0.25) is 0 Å². The lowest BCUT2D eigenvalue weighted by Gasteiger charge is -2.36. The molecule has 110 valence electrons. The highest BCUT2D eigenvalue weighted by Gasteiger charge is 2.25. The first kappa shape index (κ1) is 14.9. The van der Waals surface area contributed by atoms with E-state index in [-0.39, 0.29) is 18.3 Å². The molecule has 20 heavy (non-hydrogen) atoms. The number of nitrogens with zero attached hydrogens (tertiary/aromatic N) is 2. The minimum Gasteiger partial charge on any atom is -0.481 e. The second-order valence-electron chi connectivity index (χ2n) is 5.55. The lowest BCUT2D eigenvalue weighted by molar-refractivity contribution is -0.137. The number of rotatable bonds is 5. The monoisotopic (exact) mass is 280 g/mol. The average molecular weight is 280 g/mol. The Labute approximate surface area is 118 Å². The molecule has 0 saturated carbocycles. The van der Waals surface area contributed by atoms with Crippen molar-refractivity contribution in [1.82, 2.24) is 9.88 Å². The molecule has 2 heterocycles. The molecule has 5 heteroatoms. The Balaban J connectivity index is 1.96. The van der Waals surface area contributed by atoms with Crippen molar-refractivity contribution >= 4 is 5.97 Å². The van der Waals surface area contributed by atoms with Gasteiger partial charge in [0.15, 0.2) is 0 Å². The second-order valence-corrected chi connectivity index (χ2v) is 5.55. The van der Waals surface area contributed by atoms with Gasteiger partial charge >= 0.3 is 5.97 Å². The number of aromatic nitrogens is 1. The van der Waals surface area contributed by atoms with Crippen molar-refractivity contribution in [3.63, 3.8) is 0 Å². The lowest BCUT2D eigenvalue weighted by Crippen LogP contribution is -2.37. The summed E-state index contributed by atoms with van der Waals surface area (Å²) in [6.07, 6.45) is 6.01. The summed E-state index contributed by atoms with van der Waals surface area (Å²) in [6.45, 7) is 3.91. The molecule has 4 nitrogen and oxygen atoms in total. The Bertz CT molecular complexity index is 467. The molecular formula is C15H21FN2O2. The third-order valence-corrected chi connectivity index (χ3v) is 4.07. The molecule has 2 rings (SSSR count). The zero-order chi connectivity index (χ0) is 14.5. The number of hydrogen-bond donors (Lipinski definition) is 1.